The lowest BCUT2D eigenvalue weighted by atomic mass is 10.1. The van der Waals surface area contributed by atoms with E-state index in [1.807, 2.05) is 30.3 Å². The van der Waals surface area contributed by atoms with Gasteiger partial charge in [-0.3, -0.25) is 18.7 Å². The van der Waals surface area contributed by atoms with E-state index in [1.165, 1.54) is 24.7 Å². The third-order valence-corrected chi connectivity index (χ3v) is 4.13. The first-order valence-electron chi connectivity index (χ1n) is 7.12. The molecule has 1 N–H and O–H groups in total. The van der Waals surface area contributed by atoms with Crippen molar-refractivity contribution in [3.8, 4) is 0 Å². The minimum absolute atomic E-state index is 0.110. The van der Waals surface area contributed by atoms with Gasteiger partial charge in [-0.15, -0.1) is 0 Å². The van der Waals surface area contributed by atoms with Gasteiger partial charge in [0.15, 0.2) is 0 Å². The molecular weight excluding hydrogens is 282 g/mol. The van der Waals surface area contributed by atoms with Crippen molar-refractivity contribution in [1.29, 1.82) is 0 Å². The second-order valence-electron chi connectivity index (χ2n) is 5.62. The van der Waals surface area contributed by atoms with Crippen LogP contribution < -0.4 is 16.6 Å². The van der Waals surface area contributed by atoms with Gasteiger partial charge in [0, 0.05) is 26.1 Å². The molecular formula is C16H17N3O3. The Labute approximate surface area is 127 Å². The van der Waals surface area contributed by atoms with Crippen molar-refractivity contribution in [3.05, 3.63) is 62.8 Å². The third kappa shape index (κ3) is 2.47. The van der Waals surface area contributed by atoms with E-state index in [4.69, 9.17) is 0 Å². The minimum Gasteiger partial charge on any atom is -0.312 e. The van der Waals surface area contributed by atoms with Crippen LogP contribution >= 0.6 is 0 Å². The van der Waals surface area contributed by atoms with Crippen LogP contribution in [0.3, 0.4) is 0 Å². The molecule has 0 radical (unpaired) electrons. The van der Waals surface area contributed by atoms with Gasteiger partial charge in [-0.2, -0.15) is 0 Å². The normalized spacial score (nSPS) is 19.7. The summed E-state index contributed by atoms with van der Waals surface area (Å²) in [6.07, 6.45) is 0.786. The number of benzene rings is 1. The Kier molecular flexibility index (Phi) is 3.44. The molecule has 0 bridgehead atoms. The first-order valence-corrected chi connectivity index (χ1v) is 7.12. The van der Waals surface area contributed by atoms with Gasteiger partial charge in [-0.1, -0.05) is 30.3 Å². The average Bonchev–Trinajstić information content (AvgIpc) is 3.32. The molecule has 3 rings (SSSR count). The molecule has 1 saturated carbocycles. The van der Waals surface area contributed by atoms with Crippen molar-refractivity contribution in [2.45, 2.75) is 12.3 Å². The highest BCUT2D eigenvalue weighted by Gasteiger charge is 2.44. The summed E-state index contributed by atoms with van der Waals surface area (Å²) in [6, 6.07) is 11.1. The first kappa shape index (κ1) is 14.3. The number of carbonyl (C=O) groups is 1. The maximum atomic E-state index is 12.3. The van der Waals surface area contributed by atoms with Crippen molar-refractivity contribution in [2.75, 3.05) is 5.32 Å². The summed E-state index contributed by atoms with van der Waals surface area (Å²) in [5.41, 5.74) is 0.243. The monoisotopic (exact) mass is 299 g/mol. The fraction of sp³-hybridized carbons (Fsp3) is 0.312. The van der Waals surface area contributed by atoms with Crippen LogP contribution in [-0.2, 0) is 18.9 Å². The van der Waals surface area contributed by atoms with Crippen LogP contribution in [-0.4, -0.2) is 15.0 Å². The third-order valence-electron chi connectivity index (χ3n) is 4.13. The number of rotatable bonds is 3. The number of amides is 1. The smallest absolute Gasteiger partial charge is 0.312 e. The number of hydrogen-bond acceptors (Lipinski definition) is 3. The van der Waals surface area contributed by atoms with Crippen LogP contribution in [0.1, 0.15) is 17.9 Å². The van der Waals surface area contributed by atoms with Crippen molar-refractivity contribution in [1.82, 2.24) is 9.13 Å². The molecule has 114 valence electrons. The van der Waals surface area contributed by atoms with Crippen molar-refractivity contribution >= 4 is 11.7 Å². The molecule has 2 atom stereocenters. The Morgan fingerprint density at radius 3 is 2.50 bits per heavy atom. The molecule has 22 heavy (non-hydrogen) atoms. The van der Waals surface area contributed by atoms with Crippen LogP contribution in [0.5, 0.6) is 0 Å². The summed E-state index contributed by atoms with van der Waals surface area (Å²) in [7, 11) is 2.93. The number of hydrogen-bond donors (Lipinski definition) is 1. The molecule has 6 nitrogen and oxygen atoms in total. The first-order chi connectivity index (χ1) is 10.5. The summed E-state index contributed by atoms with van der Waals surface area (Å²) in [6.45, 7) is 0. The highest BCUT2D eigenvalue weighted by atomic mass is 16.2. The molecule has 1 aliphatic rings. The topological polar surface area (TPSA) is 73.1 Å². The quantitative estimate of drug-likeness (QED) is 0.912. The van der Waals surface area contributed by atoms with Gasteiger partial charge in [0.25, 0.3) is 5.56 Å². The molecule has 1 aromatic carbocycles. The highest BCUT2D eigenvalue weighted by Crippen LogP contribution is 2.47. The van der Waals surface area contributed by atoms with Gasteiger partial charge in [-0.05, 0) is 17.9 Å². The summed E-state index contributed by atoms with van der Waals surface area (Å²) < 4.78 is 2.26. The lowest BCUT2D eigenvalue weighted by molar-refractivity contribution is -0.117. The maximum Gasteiger partial charge on any atom is 0.332 e. The van der Waals surface area contributed by atoms with Crippen LogP contribution in [0, 0.1) is 5.92 Å². The summed E-state index contributed by atoms with van der Waals surface area (Å²) >= 11 is 0. The fourth-order valence-electron chi connectivity index (χ4n) is 2.63. The molecule has 1 aliphatic carbocycles. The molecule has 0 unspecified atom stereocenters. The van der Waals surface area contributed by atoms with E-state index < -0.39 is 11.2 Å². The fourth-order valence-corrected chi connectivity index (χ4v) is 2.63. The van der Waals surface area contributed by atoms with E-state index in [0.717, 1.165) is 16.6 Å². The Morgan fingerprint density at radius 2 is 1.82 bits per heavy atom. The largest absolute Gasteiger partial charge is 0.332 e. The van der Waals surface area contributed by atoms with Gasteiger partial charge >= 0.3 is 5.69 Å². The van der Waals surface area contributed by atoms with Gasteiger partial charge in [-0.25, -0.2) is 4.79 Å². The molecule has 1 fully saturated rings. The number of nitrogens with zero attached hydrogens (tertiary/aromatic N) is 2. The SMILES string of the molecule is Cn1c(NC(=O)[C@@H]2C[C@H]2c2ccccc2)cc(=O)n(C)c1=O. The number of nitrogens with one attached hydrogen (secondary N) is 1. The maximum absolute atomic E-state index is 12.3. The van der Waals surface area contributed by atoms with Gasteiger partial charge in [0.1, 0.15) is 5.82 Å². The second-order valence-corrected chi connectivity index (χ2v) is 5.62. The standard InChI is InChI=1S/C16H17N3O3/c1-18-13(9-14(20)19(2)16(18)22)17-15(21)12-8-11(12)10-6-4-3-5-7-10/h3-7,9,11-12H,8H2,1-2H3,(H,17,21)/t11-,12+/m0/s1. The number of anilines is 1. The van der Waals surface area contributed by atoms with Gasteiger partial charge in [0.05, 0.1) is 0 Å². The van der Waals surface area contributed by atoms with Crippen LogP contribution in [0.25, 0.3) is 0 Å². The zero-order valence-electron chi connectivity index (χ0n) is 12.4. The Balaban J connectivity index is 1.77. The van der Waals surface area contributed by atoms with Crippen LogP contribution in [0.4, 0.5) is 5.82 Å². The van der Waals surface area contributed by atoms with Crippen LogP contribution in [0.2, 0.25) is 0 Å². The average molecular weight is 299 g/mol. The zero-order valence-corrected chi connectivity index (χ0v) is 12.4. The van der Waals surface area contributed by atoms with E-state index in [2.05, 4.69) is 5.32 Å². The molecule has 1 amide bonds. The predicted molar refractivity (Wildman–Crippen MR) is 82.8 cm³/mol. The Hall–Kier alpha value is -2.63. The molecule has 0 saturated heterocycles. The molecule has 0 spiro atoms. The molecule has 1 heterocycles. The predicted octanol–water partition coefficient (Wildman–Crippen LogP) is 0.826. The van der Waals surface area contributed by atoms with E-state index >= 15 is 0 Å². The lowest BCUT2D eigenvalue weighted by Crippen LogP contribution is -2.38. The zero-order chi connectivity index (χ0) is 15.9. The highest BCUT2D eigenvalue weighted by molar-refractivity contribution is 5.94. The van der Waals surface area contributed by atoms with Crippen molar-refractivity contribution in [2.24, 2.45) is 20.0 Å². The molecule has 0 aliphatic heterocycles. The van der Waals surface area contributed by atoms with Crippen LogP contribution in [0.15, 0.2) is 46.0 Å². The molecule has 2 aromatic rings. The number of aromatic nitrogens is 2. The molecule has 1 aromatic heterocycles. The number of carbonyl (C=O) groups excluding carboxylic acids is 1. The Bertz CT molecular complexity index is 836. The van der Waals surface area contributed by atoms with Crippen molar-refractivity contribution < 1.29 is 4.79 Å². The van der Waals surface area contributed by atoms with Gasteiger partial charge in [0.2, 0.25) is 5.91 Å². The summed E-state index contributed by atoms with van der Waals surface area (Å²) in [5, 5.41) is 2.69. The van der Waals surface area contributed by atoms with E-state index in [9.17, 15) is 14.4 Å². The summed E-state index contributed by atoms with van der Waals surface area (Å²) in [4.78, 5) is 35.8. The Morgan fingerprint density at radius 1 is 1.14 bits per heavy atom. The minimum atomic E-state index is -0.460. The second kappa shape index (κ2) is 5.29. The van der Waals surface area contributed by atoms with E-state index in [1.54, 1.807) is 0 Å². The van der Waals surface area contributed by atoms with E-state index in [-0.39, 0.29) is 23.6 Å². The van der Waals surface area contributed by atoms with E-state index in [0.29, 0.717) is 0 Å². The van der Waals surface area contributed by atoms with Crippen molar-refractivity contribution in [3.63, 3.8) is 0 Å². The summed E-state index contributed by atoms with van der Waals surface area (Å²) in [5.74, 6) is 0.181. The lowest BCUT2D eigenvalue weighted by Gasteiger charge is -2.10. The van der Waals surface area contributed by atoms with Gasteiger partial charge < -0.3 is 5.32 Å². The molecule has 6 heteroatoms.